The number of likely N-dealkylation sites (N-methyl/N-ethyl adjacent to an activating group) is 1. The Morgan fingerprint density at radius 3 is 2.33 bits per heavy atom. The van der Waals surface area contributed by atoms with E-state index in [-0.39, 0.29) is 18.4 Å². The Morgan fingerprint density at radius 1 is 1.33 bits per heavy atom. The molecule has 0 aromatic heterocycles. The van der Waals surface area contributed by atoms with E-state index in [1.54, 1.807) is 7.05 Å². The SMILES string of the molecule is CCN(C)C(=O)CN=C1NC(=O)C(=O)N1. The minimum absolute atomic E-state index is 0.0304. The molecule has 15 heavy (non-hydrogen) atoms. The number of carbonyl (C=O) groups excluding carboxylic acids is 3. The smallest absolute Gasteiger partial charge is 0.316 e. The monoisotopic (exact) mass is 212 g/mol. The van der Waals surface area contributed by atoms with E-state index in [0.717, 1.165) is 0 Å². The number of amides is 3. The van der Waals surface area contributed by atoms with Crippen LogP contribution in [0.25, 0.3) is 0 Å². The molecule has 1 aliphatic rings. The van der Waals surface area contributed by atoms with E-state index in [0.29, 0.717) is 6.54 Å². The van der Waals surface area contributed by atoms with Crippen LogP contribution in [0.3, 0.4) is 0 Å². The molecule has 0 saturated carbocycles. The molecule has 1 heterocycles. The maximum atomic E-state index is 11.3. The first-order valence-electron chi connectivity index (χ1n) is 4.45. The fourth-order valence-electron chi connectivity index (χ4n) is 0.883. The molecule has 1 saturated heterocycles. The molecule has 82 valence electrons. The third-order valence-corrected chi connectivity index (χ3v) is 1.94. The second-order valence-electron chi connectivity index (χ2n) is 2.98. The van der Waals surface area contributed by atoms with Crippen molar-refractivity contribution in [3.05, 3.63) is 0 Å². The van der Waals surface area contributed by atoms with Crippen molar-refractivity contribution < 1.29 is 14.4 Å². The predicted octanol–water partition coefficient (Wildman–Crippen LogP) is -1.93. The summed E-state index contributed by atoms with van der Waals surface area (Å²) in [6.45, 7) is 2.33. The van der Waals surface area contributed by atoms with E-state index in [2.05, 4.69) is 15.6 Å². The summed E-state index contributed by atoms with van der Waals surface area (Å²) in [7, 11) is 1.65. The molecular weight excluding hydrogens is 200 g/mol. The van der Waals surface area contributed by atoms with Crippen LogP contribution in [-0.2, 0) is 14.4 Å². The molecule has 1 aliphatic heterocycles. The summed E-state index contributed by atoms with van der Waals surface area (Å²) in [5.74, 6) is -1.67. The third-order valence-electron chi connectivity index (χ3n) is 1.94. The van der Waals surface area contributed by atoms with Crippen LogP contribution in [0.15, 0.2) is 4.99 Å². The molecule has 7 nitrogen and oxygen atoms in total. The molecule has 1 fully saturated rings. The molecule has 3 amide bonds. The Labute approximate surface area is 86.5 Å². The lowest BCUT2D eigenvalue weighted by Gasteiger charge is -2.12. The van der Waals surface area contributed by atoms with Gasteiger partial charge in [0, 0.05) is 13.6 Å². The lowest BCUT2D eigenvalue weighted by Crippen LogP contribution is -2.31. The first-order valence-corrected chi connectivity index (χ1v) is 4.45. The van der Waals surface area contributed by atoms with Crippen molar-refractivity contribution in [2.45, 2.75) is 6.92 Å². The summed E-state index contributed by atoms with van der Waals surface area (Å²) < 4.78 is 0. The van der Waals surface area contributed by atoms with Crippen LogP contribution < -0.4 is 10.6 Å². The lowest BCUT2D eigenvalue weighted by atomic mass is 10.5. The van der Waals surface area contributed by atoms with Gasteiger partial charge in [-0.05, 0) is 6.92 Å². The van der Waals surface area contributed by atoms with Crippen LogP contribution in [0, 0.1) is 0 Å². The predicted molar refractivity (Wildman–Crippen MR) is 51.9 cm³/mol. The number of nitrogens with one attached hydrogen (secondary N) is 2. The molecular formula is C8H12N4O3. The number of aliphatic imine (C=N–C) groups is 1. The maximum Gasteiger partial charge on any atom is 0.316 e. The van der Waals surface area contributed by atoms with Crippen LogP contribution in [0.1, 0.15) is 6.92 Å². The maximum absolute atomic E-state index is 11.3. The Kier molecular flexibility index (Phi) is 3.37. The van der Waals surface area contributed by atoms with Crippen LogP contribution in [0.2, 0.25) is 0 Å². The normalized spacial score (nSPS) is 14.7. The molecule has 0 aliphatic carbocycles. The number of carbonyl (C=O) groups is 3. The fourth-order valence-corrected chi connectivity index (χ4v) is 0.883. The summed E-state index contributed by atoms with van der Waals surface area (Å²) in [5.41, 5.74) is 0. The molecule has 0 aromatic carbocycles. The average molecular weight is 212 g/mol. The van der Waals surface area contributed by atoms with Gasteiger partial charge in [0.1, 0.15) is 6.54 Å². The molecule has 1 rings (SSSR count). The number of guanidine groups is 1. The Bertz CT molecular complexity index is 319. The van der Waals surface area contributed by atoms with Crippen LogP contribution in [-0.4, -0.2) is 48.7 Å². The zero-order valence-electron chi connectivity index (χ0n) is 8.53. The van der Waals surface area contributed by atoms with Crippen molar-refractivity contribution >= 4 is 23.7 Å². The molecule has 2 N–H and O–H groups in total. The molecule has 0 aromatic rings. The van der Waals surface area contributed by atoms with Crippen LogP contribution in [0.4, 0.5) is 0 Å². The Balaban J connectivity index is 2.49. The van der Waals surface area contributed by atoms with Gasteiger partial charge in [0.05, 0.1) is 0 Å². The van der Waals surface area contributed by atoms with E-state index < -0.39 is 11.8 Å². The molecule has 0 bridgehead atoms. The molecule has 0 atom stereocenters. The highest BCUT2D eigenvalue weighted by Gasteiger charge is 2.25. The molecule has 7 heteroatoms. The highest BCUT2D eigenvalue weighted by Crippen LogP contribution is 1.87. The highest BCUT2D eigenvalue weighted by atomic mass is 16.2. The molecule has 0 spiro atoms. The van der Waals surface area contributed by atoms with Crippen molar-refractivity contribution in [2.75, 3.05) is 20.1 Å². The van der Waals surface area contributed by atoms with Crippen molar-refractivity contribution in [3.63, 3.8) is 0 Å². The van der Waals surface area contributed by atoms with Crippen molar-refractivity contribution in [1.82, 2.24) is 15.5 Å². The van der Waals surface area contributed by atoms with E-state index in [1.807, 2.05) is 6.92 Å². The first kappa shape index (κ1) is 11.2. The van der Waals surface area contributed by atoms with E-state index in [9.17, 15) is 14.4 Å². The second kappa shape index (κ2) is 4.54. The zero-order chi connectivity index (χ0) is 11.4. The van der Waals surface area contributed by atoms with Crippen LogP contribution >= 0.6 is 0 Å². The lowest BCUT2D eigenvalue weighted by molar-refractivity contribution is -0.135. The quantitative estimate of drug-likeness (QED) is 0.533. The molecule has 0 radical (unpaired) electrons. The van der Waals surface area contributed by atoms with Gasteiger partial charge in [0.2, 0.25) is 11.9 Å². The second-order valence-corrected chi connectivity index (χ2v) is 2.98. The Morgan fingerprint density at radius 2 is 1.87 bits per heavy atom. The van der Waals surface area contributed by atoms with Crippen LogP contribution in [0.5, 0.6) is 0 Å². The first-order chi connectivity index (χ1) is 7.04. The summed E-state index contributed by atoms with van der Waals surface area (Å²) >= 11 is 0. The Hall–Kier alpha value is -1.92. The summed E-state index contributed by atoms with van der Waals surface area (Å²) in [6, 6.07) is 0. The zero-order valence-corrected chi connectivity index (χ0v) is 8.53. The van der Waals surface area contributed by atoms with Gasteiger partial charge in [-0.3, -0.25) is 25.0 Å². The average Bonchev–Trinajstić information content (AvgIpc) is 2.54. The third kappa shape index (κ3) is 2.76. The summed E-state index contributed by atoms with van der Waals surface area (Å²) in [5, 5.41) is 4.39. The molecule has 0 unspecified atom stereocenters. The van der Waals surface area contributed by atoms with E-state index in [4.69, 9.17) is 0 Å². The van der Waals surface area contributed by atoms with Gasteiger partial charge in [-0.15, -0.1) is 0 Å². The van der Waals surface area contributed by atoms with Gasteiger partial charge in [0.15, 0.2) is 0 Å². The fraction of sp³-hybridized carbons (Fsp3) is 0.500. The van der Waals surface area contributed by atoms with Gasteiger partial charge in [-0.25, -0.2) is 4.99 Å². The minimum atomic E-state index is -0.759. The van der Waals surface area contributed by atoms with Gasteiger partial charge >= 0.3 is 11.8 Å². The number of nitrogens with zero attached hydrogens (tertiary/aromatic N) is 2. The summed E-state index contributed by atoms with van der Waals surface area (Å²) in [6.07, 6.45) is 0. The number of hydrogen-bond donors (Lipinski definition) is 2. The largest absolute Gasteiger partial charge is 0.344 e. The van der Waals surface area contributed by atoms with Gasteiger partial charge in [0.25, 0.3) is 0 Å². The van der Waals surface area contributed by atoms with Crippen molar-refractivity contribution in [3.8, 4) is 0 Å². The number of hydrogen-bond acceptors (Lipinski definition) is 4. The number of rotatable bonds is 3. The topological polar surface area (TPSA) is 90.9 Å². The standard InChI is InChI=1S/C8H12N4O3/c1-3-12(2)5(13)4-9-8-10-6(14)7(15)11-8/h3-4H2,1-2H3,(H2,9,10,11,14,15). The van der Waals surface area contributed by atoms with Gasteiger partial charge in [-0.1, -0.05) is 0 Å². The minimum Gasteiger partial charge on any atom is -0.344 e. The highest BCUT2D eigenvalue weighted by molar-refractivity contribution is 6.45. The van der Waals surface area contributed by atoms with E-state index >= 15 is 0 Å². The van der Waals surface area contributed by atoms with Gasteiger partial charge in [-0.2, -0.15) is 0 Å². The van der Waals surface area contributed by atoms with Crippen molar-refractivity contribution in [2.24, 2.45) is 4.99 Å². The van der Waals surface area contributed by atoms with Crippen molar-refractivity contribution in [1.29, 1.82) is 0 Å². The summed E-state index contributed by atoms with van der Waals surface area (Å²) in [4.78, 5) is 38.0. The van der Waals surface area contributed by atoms with E-state index in [1.165, 1.54) is 4.90 Å². The van der Waals surface area contributed by atoms with Gasteiger partial charge < -0.3 is 4.90 Å².